The molecule has 1 aliphatic heterocycles. The van der Waals surface area contributed by atoms with E-state index in [1.54, 1.807) is 17.4 Å². The van der Waals surface area contributed by atoms with E-state index in [1.165, 1.54) is 24.8 Å². The van der Waals surface area contributed by atoms with Crippen molar-refractivity contribution in [3.05, 3.63) is 52.0 Å². The molecule has 0 aliphatic carbocycles. The molecule has 23 heavy (non-hydrogen) atoms. The van der Waals surface area contributed by atoms with Gasteiger partial charge in [-0.3, -0.25) is 9.69 Å². The lowest BCUT2D eigenvalue weighted by molar-refractivity contribution is 0.0937. The highest BCUT2D eigenvalue weighted by Crippen LogP contribution is 2.19. The van der Waals surface area contributed by atoms with Crippen LogP contribution in [0.2, 0.25) is 0 Å². The zero-order valence-corrected chi connectivity index (χ0v) is 13.7. The third kappa shape index (κ3) is 3.89. The second-order valence-corrected chi connectivity index (χ2v) is 6.46. The van der Waals surface area contributed by atoms with Crippen LogP contribution >= 0.6 is 11.3 Å². The number of nitrogens with one attached hydrogen (secondary N) is 1. The standard InChI is InChI=1S/C17H19FN2O2S/c1-22-16-3-2-13(8-15(16)18)17(21)19-14-4-6-20(10-14)9-12-5-7-23-11-12/h2-3,5,7-8,11,14H,4,6,9-10H2,1H3,(H,19,21). The fourth-order valence-corrected chi connectivity index (χ4v) is 3.47. The smallest absolute Gasteiger partial charge is 0.251 e. The number of ether oxygens (including phenoxy) is 1. The van der Waals surface area contributed by atoms with Gasteiger partial charge < -0.3 is 10.1 Å². The average molecular weight is 334 g/mol. The Balaban J connectivity index is 1.55. The van der Waals surface area contributed by atoms with Gasteiger partial charge in [-0.2, -0.15) is 11.3 Å². The SMILES string of the molecule is COc1ccc(C(=O)NC2CCN(Cc3ccsc3)C2)cc1F. The van der Waals surface area contributed by atoms with Crippen LogP contribution in [0.1, 0.15) is 22.3 Å². The van der Waals surface area contributed by atoms with E-state index in [4.69, 9.17) is 4.74 Å². The summed E-state index contributed by atoms with van der Waals surface area (Å²) in [6, 6.07) is 6.49. The van der Waals surface area contributed by atoms with E-state index in [0.29, 0.717) is 5.56 Å². The van der Waals surface area contributed by atoms with Crippen LogP contribution in [0.3, 0.4) is 0 Å². The van der Waals surface area contributed by atoms with Crippen LogP contribution in [-0.2, 0) is 6.54 Å². The number of hydrogen-bond donors (Lipinski definition) is 1. The molecule has 1 unspecified atom stereocenters. The van der Waals surface area contributed by atoms with Crippen molar-refractivity contribution in [1.29, 1.82) is 0 Å². The molecule has 4 nitrogen and oxygen atoms in total. The second-order valence-electron chi connectivity index (χ2n) is 5.68. The first-order chi connectivity index (χ1) is 11.2. The first-order valence-corrected chi connectivity index (χ1v) is 8.48. The van der Waals surface area contributed by atoms with E-state index in [2.05, 4.69) is 27.0 Å². The summed E-state index contributed by atoms with van der Waals surface area (Å²) < 4.78 is 18.6. The van der Waals surface area contributed by atoms with Crippen LogP contribution in [0.15, 0.2) is 35.0 Å². The van der Waals surface area contributed by atoms with E-state index >= 15 is 0 Å². The first-order valence-electron chi connectivity index (χ1n) is 7.53. The lowest BCUT2D eigenvalue weighted by Gasteiger charge is -2.16. The van der Waals surface area contributed by atoms with Gasteiger partial charge in [-0.25, -0.2) is 4.39 Å². The van der Waals surface area contributed by atoms with E-state index in [-0.39, 0.29) is 17.7 Å². The molecule has 0 spiro atoms. The molecule has 0 radical (unpaired) electrons. The number of amides is 1. The van der Waals surface area contributed by atoms with Crippen LogP contribution in [0, 0.1) is 5.82 Å². The number of benzene rings is 1. The van der Waals surface area contributed by atoms with Crippen molar-refractivity contribution in [3.63, 3.8) is 0 Å². The van der Waals surface area contributed by atoms with Crippen LogP contribution in [-0.4, -0.2) is 37.0 Å². The van der Waals surface area contributed by atoms with Crippen LogP contribution in [0.25, 0.3) is 0 Å². The van der Waals surface area contributed by atoms with Gasteiger partial charge in [0.25, 0.3) is 5.91 Å². The number of carbonyl (C=O) groups excluding carboxylic acids is 1. The lowest BCUT2D eigenvalue weighted by atomic mass is 10.1. The van der Waals surface area contributed by atoms with Crippen molar-refractivity contribution in [2.75, 3.05) is 20.2 Å². The Labute approximate surface area is 138 Å². The maximum Gasteiger partial charge on any atom is 0.251 e. The van der Waals surface area contributed by atoms with Gasteiger partial charge in [-0.05, 0) is 47.0 Å². The summed E-state index contributed by atoms with van der Waals surface area (Å²) in [5, 5.41) is 7.20. The second kappa shape index (κ2) is 7.10. The van der Waals surface area contributed by atoms with Gasteiger partial charge in [0.2, 0.25) is 0 Å². The molecule has 1 fully saturated rings. The van der Waals surface area contributed by atoms with Gasteiger partial charge in [0.15, 0.2) is 11.6 Å². The Morgan fingerprint density at radius 1 is 1.48 bits per heavy atom. The number of carbonyl (C=O) groups is 1. The monoisotopic (exact) mass is 334 g/mol. The Morgan fingerprint density at radius 2 is 2.35 bits per heavy atom. The van der Waals surface area contributed by atoms with Crippen molar-refractivity contribution in [2.45, 2.75) is 19.0 Å². The largest absolute Gasteiger partial charge is 0.494 e. The Morgan fingerprint density at radius 3 is 3.04 bits per heavy atom. The van der Waals surface area contributed by atoms with Crippen LogP contribution in [0.4, 0.5) is 4.39 Å². The summed E-state index contributed by atoms with van der Waals surface area (Å²) in [4.78, 5) is 14.6. The molecular weight excluding hydrogens is 315 g/mol. The molecule has 1 atom stereocenters. The summed E-state index contributed by atoms with van der Waals surface area (Å²) in [5.41, 5.74) is 1.62. The number of methoxy groups -OCH3 is 1. The molecule has 2 aromatic rings. The fraction of sp³-hybridized carbons (Fsp3) is 0.353. The zero-order chi connectivity index (χ0) is 16.2. The van der Waals surface area contributed by atoms with Crippen molar-refractivity contribution < 1.29 is 13.9 Å². The van der Waals surface area contributed by atoms with Crippen molar-refractivity contribution in [3.8, 4) is 5.75 Å². The number of halogens is 1. The van der Waals surface area contributed by atoms with Crippen molar-refractivity contribution in [1.82, 2.24) is 10.2 Å². The topological polar surface area (TPSA) is 41.6 Å². The Hall–Kier alpha value is -1.92. The van der Waals surface area contributed by atoms with Crippen molar-refractivity contribution in [2.24, 2.45) is 0 Å². The van der Waals surface area contributed by atoms with Gasteiger partial charge in [-0.1, -0.05) is 0 Å². The number of nitrogens with zero attached hydrogens (tertiary/aromatic N) is 1. The van der Waals surface area contributed by atoms with E-state index < -0.39 is 5.82 Å². The minimum Gasteiger partial charge on any atom is -0.494 e. The highest BCUT2D eigenvalue weighted by Gasteiger charge is 2.24. The molecule has 1 aromatic carbocycles. The number of likely N-dealkylation sites (tertiary alicyclic amines) is 1. The molecule has 1 saturated heterocycles. The van der Waals surface area contributed by atoms with E-state index in [0.717, 1.165) is 26.1 Å². The van der Waals surface area contributed by atoms with E-state index in [1.807, 2.05) is 0 Å². The van der Waals surface area contributed by atoms with Crippen LogP contribution < -0.4 is 10.1 Å². The third-order valence-electron chi connectivity index (χ3n) is 4.01. The number of rotatable bonds is 5. The predicted octanol–water partition coefficient (Wildman–Crippen LogP) is 2.90. The number of hydrogen-bond acceptors (Lipinski definition) is 4. The minimum absolute atomic E-state index is 0.103. The summed E-state index contributed by atoms with van der Waals surface area (Å²) in [5.74, 6) is -0.621. The van der Waals surface area contributed by atoms with Crippen molar-refractivity contribution >= 4 is 17.2 Å². The molecule has 0 bridgehead atoms. The van der Waals surface area contributed by atoms with E-state index in [9.17, 15) is 9.18 Å². The number of thiophene rings is 1. The van der Waals surface area contributed by atoms with Gasteiger partial charge in [0.05, 0.1) is 7.11 Å². The Kier molecular flexibility index (Phi) is 4.93. The quantitative estimate of drug-likeness (QED) is 0.914. The zero-order valence-electron chi connectivity index (χ0n) is 12.9. The van der Waals surface area contributed by atoms with Gasteiger partial charge in [-0.15, -0.1) is 0 Å². The molecule has 1 aromatic heterocycles. The molecule has 1 N–H and O–H groups in total. The predicted molar refractivity (Wildman–Crippen MR) is 88.4 cm³/mol. The fourth-order valence-electron chi connectivity index (χ4n) is 2.81. The van der Waals surface area contributed by atoms with Gasteiger partial charge in [0.1, 0.15) is 0 Å². The summed E-state index contributed by atoms with van der Waals surface area (Å²) in [6.07, 6.45) is 0.911. The summed E-state index contributed by atoms with van der Waals surface area (Å²) in [6.45, 7) is 2.69. The minimum atomic E-state index is -0.523. The maximum absolute atomic E-state index is 13.7. The molecule has 3 rings (SSSR count). The average Bonchev–Trinajstić information content (AvgIpc) is 3.20. The molecule has 1 amide bonds. The summed E-state index contributed by atoms with van der Waals surface area (Å²) >= 11 is 1.69. The third-order valence-corrected chi connectivity index (χ3v) is 4.74. The lowest BCUT2D eigenvalue weighted by Crippen LogP contribution is -2.37. The van der Waals surface area contributed by atoms with Gasteiger partial charge in [0, 0.05) is 31.2 Å². The highest BCUT2D eigenvalue weighted by molar-refractivity contribution is 7.07. The molecule has 1 aliphatic rings. The summed E-state index contributed by atoms with van der Waals surface area (Å²) in [7, 11) is 1.40. The molecular formula is C17H19FN2O2S. The highest BCUT2D eigenvalue weighted by atomic mass is 32.1. The molecule has 2 heterocycles. The van der Waals surface area contributed by atoms with Gasteiger partial charge >= 0.3 is 0 Å². The molecule has 6 heteroatoms. The maximum atomic E-state index is 13.7. The van der Waals surface area contributed by atoms with Crippen LogP contribution in [0.5, 0.6) is 5.75 Å². The first kappa shape index (κ1) is 16.0. The normalized spacial score (nSPS) is 18.1. The molecule has 0 saturated carbocycles. The Bertz CT molecular complexity index is 675. The molecule has 122 valence electrons.